The summed E-state index contributed by atoms with van der Waals surface area (Å²) in [5.41, 5.74) is 0.630. The highest BCUT2D eigenvalue weighted by atomic mass is 16.6. The predicted octanol–water partition coefficient (Wildman–Crippen LogP) is 1.28. The van der Waals surface area contributed by atoms with Crippen molar-refractivity contribution in [2.75, 3.05) is 32.8 Å². The number of nitrogens with zero attached hydrogens (tertiary/aromatic N) is 1. The second-order valence-electron chi connectivity index (χ2n) is 6.00. The molecule has 1 aromatic rings. The summed E-state index contributed by atoms with van der Waals surface area (Å²) in [5.74, 6) is 1.95. The van der Waals surface area contributed by atoms with Crippen LogP contribution in [0.25, 0.3) is 0 Å². The smallest absolute Gasteiger partial charge is 0.257 e. The normalized spacial score (nSPS) is 27.3. The lowest BCUT2D eigenvalue weighted by molar-refractivity contribution is 0.0775. The summed E-state index contributed by atoms with van der Waals surface area (Å²) in [4.78, 5) is 14.8. The summed E-state index contributed by atoms with van der Waals surface area (Å²) in [6.45, 7) is 3.77. The molecule has 4 rings (SSSR count). The number of hydrogen-bond acceptors (Lipinski definition) is 4. The fraction of sp³-hybridized carbons (Fsp3) is 0.562. The molecule has 0 aromatic heterocycles. The van der Waals surface area contributed by atoms with E-state index in [0.717, 1.165) is 19.6 Å². The molecule has 5 heteroatoms. The maximum Gasteiger partial charge on any atom is 0.257 e. The highest BCUT2D eigenvalue weighted by molar-refractivity contribution is 5.98. The second kappa shape index (κ2) is 5.22. The van der Waals surface area contributed by atoms with Gasteiger partial charge in [-0.15, -0.1) is 0 Å². The van der Waals surface area contributed by atoms with Gasteiger partial charge < -0.3 is 19.7 Å². The zero-order chi connectivity index (χ0) is 14.2. The van der Waals surface area contributed by atoms with Crippen LogP contribution in [-0.2, 0) is 0 Å². The van der Waals surface area contributed by atoms with Crippen molar-refractivity contribution in [1.82, 2.24) is 10.2 Å². The molecule has 1 N–H and O–H groups in total. The van der Waals surface area contributed by atoms with Crippen molar-refractivity contribution in [3.63, 3.8) is 0 Å². The summed E-state index contributed by atoms with van der Waals surface area (Å²) >= 11 is 0. The Morgan fingerprint density at radius 3 is 3.05 bits per heavy atom. The molecule has 2 atom stereocenters. The number of piperidine rings is 1. The van der Waals surface area contributed by atoms with E-state index in [-0.39, 0.29) is 5.91 Å². The van der Waals surface area contributed by atoms with Gasteiger partial charge in [-0.3, -0.25) is 4.79 Å². The molecule has 1 amide bonds. The van der Waals surface area contributed by atoms with E-state index >= 15 is 0 Å². The number of likely N-dealkylation sites (tertiary alicyclic amines) is 1. The van der Waals surface area contributed by atoms with E-state index in [1.807, 2.05) is 23.1 Å². The van der Waals surface area contributed by atoms with Crippen LogP contribution in [0.5, 0.6) is 11.5 Å². The molecule has 3 heterocycles. The van der Waals surface area contributed by atoms with Crippen molar-refractivity contribution in [1.29, 1.82) is 0 Å². The number of carbonyl (C=O) groups excluding carboxylic acids is 1. The molecule has 0 radical (unpaired) electrons. The summed E-state index contributed by atoms with van der Waals surface area (Å²) < 4.78 is 11.2. The van der Waals surface area contributed by atoms with Crippen molar-refractivity contribution >= 4 is 5.91 Å². The minimum atomic E-state index is 0.0635. The summed E-state index contributed by atoms with van der Waals surface area (Å²) in [6, 6.07) is 6.02. The zero-order valence-corrected chi connectivity index (χ0v) is 12.0. The van der Waals surface area contributed by atoms with Crippen molar-refractivity contribution in [3.05, 3.63) is 23.8 Å². The first-order chi connectivity index (χ1) is 10.3. The third kappa shape index (κ3) is 2.25. The van der Waals surface area contributed by atoms with Crippen LogP contribution in [0.15, 0.2) is 18.2 Å². The van der Waals surface area contributed by atoms with Gasteiger partial charge in [0.2, 0.25) is 0 Å². The van der Waals surface area contributed by atoms with Gasteiger partial charge >= 0.3 is 0 Å². The Balaban J connectivity index is 1.58. The molecule has 3 aliphatic rings. The van der Waals surface area contributed by atoms with Crippen molar-refractivity contribution in [2.45, 2.75) is 18.9 Å². The molecule has 0 spiro atoms. The van der Waals surface area contributed by atoms with Gasteiger partial charge in [-0.1, -0.05) is 6.07 Å². The average molecular weight is 288 g/mol. The number of ether oxygens (including phenoxy) is 2. The number of carbonyl (C=O) groups is 1. The van der Waals surface area contributed by atoms with Gasteiger partial charge in [-0.05, 0) is 37.4 Å². The number of hydrogen-bond donors (Lipinski definition) is 1. The first-order valence-corrected chi connectivity index (χ1v) is 7.74. The Hall–Kier alpha value is -1.75. The van der Waals surface area contributed by atoms with Gasteiger partial charge in [0.15, 0.2) is 11.5 Å². The maximum absolute atomic E-state index is 12.8. The van der Waals surface area contributed by atoms with Crippen molar-refractivity contribution < 1.29 is 14.3 Å². The third-order valence-electron chi connectivity index (χ3n) is 4.68. The largest absolute Gasteiger partial charge is 0.486 e. The molecular weight excluding hydrogens is 268 g/mol. The van der Waals surface area contributed by atoms with Crippen LogP contribution >= 0.6 is 0 Å². The van der Waals surface area contributed by atoms with E-state index < -0.39 is 0 Å². The van der Waals surface area contributed by atoms with Crippen LogP contribution in [0, 0.1) is 5.92 Å². The van der Waals surface area contributed by atoms with E-state index in [1.165, 1.54) is 12.8 Å². The molecule has 3 aliphatic heterocycles. The SMILES string of the molecule is O=C(c1cccc2c1OCCO2)N1CC2CCCNC2C1. The quantitative estimate of drug-likeness (QED) is 0.846. The van der Waals surface area contributed by atoms with Gasteiger partial charge in [0.25, 0.3) is 5.91 Å². The Morgan fingerprint density at radius 2 is 2.14 bits per heavy atom. The minimum Gasteiger partial charge on any atom is -0.486 e. The first kappa shape index (κ1) is 13.0. The van der Waals surface area contributed by atoms with Crippen LogP contribution in [0.1, 0.15) is 23.2 Å². The topological polar surface area (TPSA) is 50.8 Å². The number of rotatable bonds is 1. The van der Waals surface area contributed by atoms with Crippen LogP contribution in [0.2, 0.25) is 0 Å². The monoisotopic (exact) mass is 288 g/mol. The lowest BCUT2D eigenvalue weighted by Gasteiger charge is -2.24. The highest BCUT2D eigenvalue weighted by Gasteiger charge is 2.37. The lowest BCUT2D eigenvalue weighted by Crippen LogP contribution is -2.41. The van der Waals surface area contributed by atoms with Gasteiger partial charge in [-0.2, -0.15) is 0 Å². The Morgan fingerprint density at radius 1 is 1.24 bits per heavy atom. The molecule has 2 saturated heterocycles. The van der Waals surface area contributed by atoms with E-state index in [9.17, 15) is 4.79 Å². The third-order valence-corrected chi connectivity index (χ3v) is 4.68. The zero-order valence-electron chi connectivity index (χ0n) is 12.0. The van der Waals surface area contributed by atoms with Crippen LogP contribution in [-0.4, -0.2) is 49.7 Å². The van der Waals surface area contributed by atoms with Crippen molar-refractivity contribution in [3.8, 4) is 11.5 Å². The first-order valence-electron chi connectivity index (χ1n) is 7.74. The Labute approximate surface area is 124 Å². The molecule has 1 aromatic carbocycles. The van der Waals surface area contributed by atoms with Gasteiger partial charge in [-0.25, -0.2) is 0 Å². The van der Waals surface area contributed by atoms with E-state index in [0.29, 0.717) is 42.2 Å². The Bertz CT molecular complexity index is 546. The molecule has 5 nitrogen and oxygen atoms in total. The molecule has 2 unspecified atom stereocenters. The van der Waals surface area contributed by atoms with Gasteiger partial charge in [0, 0.05) is 19.1 Å². The van der Waals surface area contributed by atoms with Gasteiger partial charge in [0.1, 0.15) is 13.2 Å². The molecule has 0 aliphatic carbocycles. The fourth-order valence-corrected chi connectivity index (χ4v) is 3.63. The standard InChI is InChI=1S/C16H20N2O3/c19-16(18-9-11-3-2-6-17-13(11)10-18)12-4-1-5-14-15(12)21-8-7-20-14/h1,4-5,11,13,17H,2-3,6-10H2. The number of fused-ring (bicyclic) bond motifs is 2. The van der Waals surface area contributed by atoms with Crippen LogP contribution in [0.4, 0.5) is 0 Å². The predicted molar refractivity (Wildman–Crippen MR) is 77.9 cm³/mol. The molecule has 2 fully saturated rings. The number of nitrogens with one attached hydrogen (secondary N) is 1. The molecule has 0 saturated carbocycles. The van der Waals surface area contributed by atoms with E-state index in [2.05, 4.69) is 5.32 Å². The lowest BCUT2D eigenvalue weighted by atomic mass is 9.94. The molecule has 112 valence electrons. The average Bonchev–Trinajstić information content (AvgIpc) is 2.97. The summed E-state index contributed by atoms with van der Waals surface area (Å²) in [5, 5.41) is 3.53. The molecular formula is C16H20N2O3. The van der Waals surface area contributed by atoms with Crippen molar-refractivity contribution in [2.24, 2.45) is 5.92 Å². The highest BCUT2D eigenvalue weighted by Crippen LogP contribution is 2.35. The van der Waals surface area contributed by atoms with E-state index in [1.54, 1.807) is 0 Å². The van der Waals surface area contributed by atoms with Crippen LogP contribution < -0.4 is 14.8 Å². The fourth-order valence-electron chi connectivity index (χ4n) is 3.63. The number of amides is 1. The second-order valence-corrected chi connectivity index (χ2v) is 6.00. The van der Waals surface area contributed by atoms with Crippen LogP contribution in [0.3, 0.4) is 0 Å². The molecule has 0 bridgehead atoms. The summed E-state index contributed by atoms with van der Waals surface area (Å²) in [6.07, 6.45) is 2.43. The number of para-hydroxylation sites is 1. The maximum atomic E-state index is 12.8. The molecule has 21 heavy (non-hydrogen) atoms. The van der Waals surface area contributed by atoms with Gasteiger partial charge in [0.05, 0.1) is 5.56 Å². The van der Waals surface area contributed by atoms with E-state index in [4.69, 9.17) is 9.47 Å². The minimum absolute atomic E-state index is 0.0635. The number of benzene rings is 1. The summed E-state index contributed by atoms with van der Waals surface area (Å²) in [7, 11) is 0. The Kier molecular flexibility index (Phi) is 3.22.